The number of nitrogens with zero attached hydrogens (tertiary/aromatic N) is 1. The van der Waals surface area contributed by atoms with Crippen LogP contribution in [0.3, 0.4) is 0 Å². The number of nitrogens with one attached hydrogen (secondary N) is 1. The van der Waals surface area contributed by atoms with Crippen molar-refractivity contribution in [2.24, 2.45) is 5.92 Å². The second-order valence-corrected chi connectivity index (χ2v) is 5.08. The fourth-order valence-electron chi connectivity index (χ4n) is 2.71. The number of amides is 1. The van der Waals surface area contributed by atoms with Crippen LogP contribution in [0.15, 0.2) is 30.3 Å². The van der Waals surface area contributed by atoms with Gasteiger partial charge in [0.25, 0.3) is 5.91 Å². The van der Waals surface area contributed by atoms with E-state index in [1.165, 1.54) is 0 Å². The van der Waals surface area contributed by atoms with Crippen molar-refractivity contribution in [3.63, 3.8) is 0 Å². The summed E-state index contributed by atoms with van der Waals surface area (Å²) in [6.45, 7) is 4.00. The molecule has 1 aliphatic rings. The van der Waals surface area contributed by atoms with Crippen LogP contribution in [0, 0.1) is 5.92 Å². The third-order valence-electron chi connectivity index (χ3n) is 3.91. The summed E-state index contributed by atoms with van der Waals surface area (Å²) in [5, 5.41) is 1.10. The van der Waals surface area contributed by atoms with Crippen LogP contribution in [0.4, 0.5) is 0 Å². The number of carbonyl (C=O) groups is 1. The maximum Gasteiger partial charge on any atom is 0.270 e. The van der Waals surface area contributed by atoms with E-state index in [0.717, 1.165) is 36.8 Å². The van der Waals surface area contributed by atoms with Crippen molar-refractivity contribution in [1.82, 2.24) is 9.88 Å². The highest BCUT2D eigenvalue weighted by molar-refractivity contribution is 5.98. The van der Waals surface area contributed by atoms with Gasteiger partial charge in [-0.25, -0.2) is 0 Å². The molecule has 1 aromatic heterocycles. The fraction of sp³-hybridized carbons (Fsp3) is 0.400. The lowest BCUT2D eigenvalue weighted by Gasteiger charge is -2.14. The average Bonchev–Trinajstić information content (AvgIpc) is 3.04. The van der Waals surface area contributed by atoms with E-state index in [1.54, 1.807) is 0 Å². The summed E-state index contributed by atoms with van der Waals surface area (Å²) in [5.74, 6) is 0.820. The largest absolute Gasteiger partial charge is 0.351 e. The summed E-state index contributed by atoms with van der Waals surface area (Å²) in [6.07, 6.45) is 2.30. The lowest BCUT2D eigenvalue weighted by Crippen LogP contribution is -2.28. The molecule has 0 saturated carbocycles. The van der Waals surface area contributed by atoms with E-state index in [0.29, 0.717) is 11.6 Å². The SMILES string of the molecule is CCC1CCN(C(=O)c2cc3ccccc3[nH]2)C1. The Bertz CT molecular complexity index is 540. The minimum absolute atomic E-state index is 0.141. The second kappa shape index (κ2) is 4.48. The Labute approximate surface area is 107 Å². The number of likely N-dealkylation sites (tertiary alicyclic amines) is 1. The number of carbonyl (C=O) groups excluding carboxylic acids is 1. The van der Waals surface area contributed by atoms with Gasteiger partial charge in [-0.3, -0.25) is 4.79 Å². The van der Waals surface area contributed by atoms with Crippen LogP contribution in [-0.2, 0) is 0 Å². The molecular weight excluding hydrogens is 224 g/mol. The van der Waals surface area contributed by atoms with Gasteiger partial charge in [-0.2, -0.15) is 0 Å². The van der Waals surface area contributed by atoms with Gasteiger partial charge in [-0.05, 0) is 24.5 Å². The molecule has 3 heteroatoms. The predicted octanol–water partition coefficient (Wildman–Crippen LogP) is 3.04. The third kappa shape index (κ3) is 1.90. The Morgan fingerprint density at radius 3 is 3.00 bits per heavy atom. The van der Waals surface area contributed by atoms with E-state index in [9.17, 15) is 4.79 Å². The first-order valence-electron chi connectivity index (χ1n) is 6.65. The first-order chi connectivity index (χ1) is 8.78. The topological polar surface area (TPSA) is 36.1 Å². The van der Waals surface area contributed by atoms with Crippen LogP contribution in [0.25, 0.3) is 10.9 Å². The fourth-order valence-corrected chi connectivity index (χ4v) is 2.71. The molecule has 0 spiro atoms. The van der Waals surface area contributed by atoms with Gasteiger partial charge < -0.3 is 9.88 Å². The van der Waals surface area contributed by atoms with Crippen molar-refractivity contribution >= 4 is 16.8 Å². The predicted molar refractivity (Wildman–Crippen MR) is 72.6 cm³/mol. The molecule has 1 aliphatic heterocycles. The van der Waals surface area contributed by atoms with Crippen LogP contribution >= 0.6 is 0 Å². The Balaban J connectivity index is 1.84. The van der Waals surface area contributed by atoms with Gasteiger partial charge >= 0.3 is 0 Å². The van der Waals surface area contributed by atoms with E-state index in [1.807, 2.05) is 35.2 Å². The molecule has 0 bridgehead atoms. The normalized spacial score (nSPS) is 19.6. The summed E-state index contributed by atoms with van der Waals surface area (Å²) >= 11 is 0. The molecule has 1 atom stereocenters. The van der Waals surface area contributed by atoms with Gasteiger partial charge in [0, 0.05) is 24.0 Å². The van der Waals surface area contributed by atoms with E-state index >= 15 is 0 Å². The second-order valence-electron chi connectivity index (χ2n) is 5.08. The lowest BCUT2D eigenvalue weighted by atomic mass is 10.1. The summed E-state index contributed by atoms with van der Waals surface area (Å²) in [5.41, 5.74) is 1.75. The van der Waals surface area contributed by atoms with E-state index in [2.05, 4.69) is 11.9 Å². The van der Waals surface area contributed by atoms with Crippen molar-refractivity contribution in [3.05, 3.63) is 36.0 Å². The van der Waals surface area contributed by atoms with Crippen LogP contribution in [0.5, 0.6) is 0 Å². The monoisotopic (exact) mass is 242 g/mol. The third-order valence-corrected chi connectivity index (χ3v) is 3.91. The molecule has 1 fully saturated rings. The van der Waals surface area contributed by atoms with Gasteiger partial charge in [0.1, 0.15) is 5.69 Å². The maximum absolute atomic E-state index is 12.4. The van der Waals surface area contributed by atoms with Crippen LogP contribution < -0.4 is 0 Å². The summed E-state index contributed by atoms with van der Waals surface area (Å²) in [7, 11) is 0. The molecule has 3 nitrogen and oxygen atoms in total. The van der Waals surface area contributed by atoms with Crippen LogP contribution in [0.2, 0.25) is 0 Å². The van der Waals surface area contributed by atoms with Gasteiger partial charge in [-0.1, -0.05) is 31.5 Å². The number of aromatic nitrogens is 1. The highest BCUT2D eigenvalue weighted by Gasteiger charge is 2.26. The van der Waals surface area contributed by atoms with Crippen molar-refractivity contribution in [2.75, 3.05) is 13.1 Å². The number of aromatic amines is 1. The van der Waals surface area contributed by atoms with Crippen molar-refractivity contribution in [2.45, 2.75) is 19.8 Å². The molecule has 1 unspecified atom stereocenters. The van der Waals surface area contributed by atoms with Gasteiger partial charge in [-0.15, -0.1) is 0 Å². The average molecular weight is 242 g/mol. The van der Waals surface area contributed by atoms with Crippen molar-refractivity contribution < 1.29 is 4.79 Å². The first kappa shape index (κ1) is 11.3. The number of H-pyrrole nitrogens is 1. The highest BCUT2D eigenvalue weighted by atomic mass is 16.2. The summed E-state index contributed by atoms with van der Waals surface area (Å²) < 4.78 is 0. The van der Waals surface area contributed by atoms with Crippen molar-refractivity contribution in [3.8, 4) is 0 Å². The Kier molecular flexibility index (Phi) is 2.82. The number of rotatable bonds is 2. The molecule has 1 aromatic carbocycles. The maximum atomic E-state index is 12.4. The quantitative estimate of drug-likeness (QED) is 0.863. The first-order valence-corrected chi connectivity index (χ1v) is 6.65. The summed E-state index contributed by atoms with van der Waals surface area (Å²) in [4.78, 5) is 17.6. The number of hydrogen-bond acceptors (Lipinski definition) is 1. The number of hydrogen-bond donors (Lipinski definition) is 1. The smallest absolute Gasteiger partial charge is 0.270 e. The zero-order valence-corrected chi connectivity index (χ0v) is 10.6. The number of fused-ring (bicyclic) bond motifs is 1. The minimum atomic E-state index is 0.141. The zero-order valence-electron chi connectivity index (χ0n) is 10.6. The van der Waals surface area contributed by atoms with Gasteiger partial charge in [0.15, 0.2) is 0 Å². The number of benzene rings is 1. The Morgan fingerprint density at radius 1 is 1.44 bits per heavy atom. The molecule has 18 heavy (non-hydrogen) atoms. The molecule has 1 N–H and O–H groups in total. The molecule has 3 rings (SSSR count). The van der Waals surface area contributed by atoms with Crippen LogP contribution in [-0.4, -0.2) is 28.9 Å². The standard InChI is InChI=1S/C15H18N2O/c1-2-11-7-8-17(10-11)15(18)14-9-12-5-3-4-6-13(12)16-14/h3-6,9,11,16H,2,7-8,10H2,1H3. The number of para-hydroxylation sites is 1. The van der Waals surface area contributed by atoms with Crippen LogP contribution in [0.1, 0.15) is 30.3 Å². The summed E-state index contributed by atoms with van der Waals surface area (Å²) in [6, 6.07) is 9.97. The Hall–Kier alpha value is -1.77. The van der Waals surface area contributed by atoms with E-state index < -0.39 is 0 Å². The molecule has 1 saturated heterocycles. The van der Waals surface area contributed by atoms with E-state index in [4.69, 9.17) is 0 Å². The van der Waals surface area contributed by atoms with Crippen molar-refractivity contribution in [1.29, 1.82) is 0 Å². The zero-order chi connectivity index (χ0) is 12.5. The van der Waals surface area contributed by atoms with Gasteiger partial charge in [0.05, 0.1) is 0 Å². The molecule has 1 amide bonds. The highest BCUT2D eigenvalue weighted by Crippen LogP contribution is 2.22. The minimum Gasteiger partial charge on any atom is -0.351 e. The van der Waals surface area contributed by atoms with E-state index in [-0.39, 0.29) is 5.91 Å². The molecule has 94 valence electrons. The molecule has 0 aliphatic carbocycles. The molecule has 0 radical (unpaired) electrons. The molecule has 2 aromatic rings. The Morgan fingerprint density at radius 2 is 2.28 bits per heavy atom. The van der Waals surface area contributed by atoms with Gasteiger partial charge in [0.2, 0.25) is 0 Å². The molecule has 2 heterocycles. The lowest BCUT2D eigenvalue weighted by molar-refractivity contribution is 0.0782. The molecular formula is C15H18N2O.